The third-order valence-electron chi connectivity index (χ3n) is 4.34. The van der Waals surface area contributed by atoms with Crippen LogP contribution in [0.1, 0.15) is 50.4 Å². The number of anilines is 1. The molecule has 1 unspecified atom stereocenters. The summed E-state index contributed by atoms with van der Waals surface area (Å²) in [6, 6.07) is 8.02. The topological polar surface area (TPSA) is 20.3 Å². The smallest absolute Gasteiger partial charge is 0.161 e. The van der Waals surface area contributed by atoms with Crippen molar-refractivity contribution in [3.05, 3.63) is 29.8 Å². The molecule has 1 aromatic carbocycles. The molecule has 0 amide bonds. The van der Waals surface area contributed by atoms with Crippen LogP contribution in [0.3, 0.4) is 0 Å². The predicted octanol–water partition coefficient (Wildman–Crippen LogP) is 4.15. The molecule has 1 heterocycles. The minimum atomic E-state index is 0.167. The average Bonchev–Trinajstić information content (AvgIpc) is 2.64. The minimum Gasteiger partial charge on any atom is -0.371 e. The zero-order valence-electron chi connectivity index (χ0n) is 12.4. The van der Waals surface area contributed by atoms with Gasteiger partial charge >= 0.3 is 0 Å². The highest BCUT2D eigenvalue weighted by Crippen LogP contribution is 2.29. The van der Waals surface area contributed by atoms with Crippen molar-refractivity contribution < 1.29 is 4.79 Å². The molecule has 0 N–H and O–H groups in total. The number of hydrogen-bond acceptors (Lipinski definition) is 2. The number of para-hydroxylation sites is 1. The number of carbonyl (C=O) groups is 1. The van der Waals surface area contributed by atoms with Crippen LogP contribution >= 0.6 is 0 Å². The fourth-order valence-corrected chi connectivity index (χ4v) is 3.08. The molecule has 2 heteroatoms. The quantitative estimate of drug-likeness (QED) is 0.760. The summed E-state index contributed by atoms with van der Waals surface area (Å²) in [6.45, 7) is 8.46. The highest BCUT2D eigenvalue weighted by molar-refractivity contribution is 5.99. The van der Waals surface area contributed by atoms with E-state index in [1.807, 2.05) is 18.2 Å². The van der Waals surface area contributed by atoms with Crippen LogP contribution in [0.2, 0.25) is 0 Å². The van der Waals surface area contributed by atoms with Crippen molar-refractivity contribution in [2.75, 3.05) is 18.0 Å². The van der Waals surface area contributed by atoms with E-state index < -0.39 is 0 Å². The van der Waals surface area contributed by atoms with Crippen molar-refractivity contribution in [1.29, 1.82) is 0 Å². The lowest BCUT2D eigenvalue weighted by atomic mass is 9.89. The van der Waals surface area contributed by atoms with Crippen LogP contribution in [0, 0.1) is 11.8 Å². The SMILES string of the molecule is CC(=O)c1ccccc1N1CCCC(C(C)C)CC1. The van der Waals surface area contributed by atoms with Gasteiger partial charge in [0.15, 0.2) is 5.78 Å². The lowest BCUT2D eigenvalue weighted by molar-refractivity contribution is 0.101. The van der Waals surface area contributed by atoms with E-state index in [1.165, 1.54) is 19.3 Å². The Morgan fingerprint density at radius 1 is 1.21 bits per heavy atom. The highest BCUT2D eigenvalue weighted by Gasteiger charge is 2.21. The van der Waals surface area contributed by atoms with Gasteiger partial charge in [0.05, 0.1) is 0 Å². The molecule has 1 fully saturated rings. The molecule has 2 nitrogen and oxygen atoms in total. The Labute approximate surface area is 116 Å². The molecule has 1 aromatic rings. The number of Topliss-reactive ketones (excluding diaryl/α,β-unsaturated/α-hetero) is 1. The molecule has 104 valence electrons. The summed E-state index contributed by atoms with van der Waals surface area (Å²) in [5.41, 5.74) is 1.99. The molecule has 19 heavy (non-hydrogen) atoms. The standard InChI is InChI=1S/C17H25NO/c1-13(2)15-7-6-11-18(12-10-15)17-9-5-4-8-16(17)14(3)19/h4-5,8-9,13,15H,6-7,10-12H2,1-3H3. The number of hydrogen-bond donors (Lipinski definition) is 0. The number of ketones is 1. The Morgan fingerprint density at radius 3 is 2.63 bits per heavy atom. The Kier molecular flexibility index (Phi) is 4.62. The second kappa shape index (κ2) is 6.23. The molecule has 2 rings (SSSR count). The molecule has 0 aromatic heterocycles. The van der Waals surface area contributed by atoms with Crippen molar-refractivity contribution in [3.8, 4) is 0 Å². The fourth-order valence-electron chi connectivity index (χ4n) is 3.08. The number of rotatable bonds is 3. The van der Waals surface area contributed by atoms with Crippen LogP contribution in [-0.4, -0.2) is 18.9 Å². The van der Waals surface area contributed by atoms with Gasteiger partial charge in [0.1, 0.15) is 0 Å². The third kappa shape index (κ3) is 3.37. The van der Waals surface area contributed by atoms with Gasteiger partial charge in [-0.15, -0.1) is 0 Å². The molecule has 0 saturated carbocycles. The summed E-state index contributed by atoms with van der Waals surface area (Å²) >= 11 is 0. The zero-order valence-corrected chi connectivity index (χ0v) is 12.4. The van der Waals surface area contributed by atoms with Gasteiger partial charge in [-0.05, 0) is 50.2 Å². The van der Waals surface area contributed by atoms with Crippen molar-refractivity contribution in [2.24, 2.45) is 11.8 Å². The first-order valence-electron chi connectivity index (χ1n) is 7.44. The second-order valence-electron chi connectivity index (χ2n) is 6.00. The van der Waals surface area contributed by atoms with E-state index >= 15 is 0 Å². The average molecular weight is 259 g/mol. The van der Waals surface area contributed by atoms with Gasteiger partial charge < -0.3 is 4.90 Å². The lowest BCUT2D eigenvalue weighted by Gasteiger charge is -2.25. The summed E-state index contributed by atoms with van der Waals surface area (Å²) in [7, 11) is 0. The maximum Gasteiger partial charge on any atom is 0.161 e. The van der Waals surface area contributed by atoms with Crippen LogP contribution in [-0.2, 0) is 0 Å². The van der Waals surface area contributed by atoms with E-state index in [0.717, 1.165) is 36.2 Å². The molecule has 0 aliphatic carbocycles. The van der Waals surface area contributed by atoms with Crippen molar-refractivity contribution in [3.63, 3.8) is 0 Å². The summed E-state index contributed by atoms with van der Waals surface area (Å²) in [5.74, 6) is 1.76. The van der Waals surface area contributed by atoms with E-state index in [2.05, 4.69) is 24.8 Å². The normalized spacial score (nSPS) is 20.4. The number of nitrogens with zero attached hydrogens (tertiary/aromatic N) is 1. The monoisotopic (exact) mass is 259 g/mol. The third-order valence-corrected chi connectivity index (χ3v) is 4.34. The van der Waals surface area contributed by atoms with E-state index in [0.29, 0.717) is 0 Å². The van der Waals surface area contributed by atoms with Crippen molar-refractivity contribution in [1.82, 2.24) is 0 Å². The van der Waals surface area contributed by atoms with E-state index in [1.54, 1.807) is 6.92 Å². The van der Waals surface area contributed by atoms with E-state index in [9.17, 15) is 4.79 Å². The minimum absolute atomic E-state index is 0.167. The number of benzene rings is 1. The molecule has 0 spiro atoms. The molecular formula is C17H25NO. The van der Waals surface area contributed by atoms with Gasteiger partial charge in [-0.25, -0.2) is 0 Å². The van der Waals surface area contributed by atoms with Gasteiger partial charge in [-0.2, -0.15) is 0 Å². The highest BCUT2D eigenvalue weighted by atomic mass is 16.1. The summed E-state index contributed by atoms with van der Waals surface area (Å²) < 4.78 is 0. The first-order valence-corrected chi connectivity index (χ1v) is 7.44. The van der Waals surface area contributed by atoms with Crippen LogP contribution in [0.25, 0.3) is 0 Å². The van der Waals surface area contributed by atoms with Gasteiger partial charge in [0.2, 0.25) is 0 Å². The number of carbonyl (C=O) groups excluding carboxylic acids is 1. The molecular weight excluding hydrogens is 234 g/mol. The summed E-state index contributed by atoms with van der Waals surface area (Å²) in [6.07, 6.45) is 3.79. The largest absolute Gasteiger partial charge is 0.371 e. The Bertz CT molecular complexity index is 439. The van der Waals surface area contributed by atoms with Crippen molar-refractivity contribution >= 4 is 11.5 Å². The maximum absolute atomic E-state index is 11.7. The van der Waals surface area contributed by atoms with Crippen LogP contribution < -0.4 is 4.90 Å². The van der Waals surface area contributed by atoms with Crippen LogP contribution in [0.5, 0.6) is 0 Å². The van der Waals surface area contributed by atoms with Crippen LogP contribution in [0.4, 0.5) is 5.69 Å². The van der Waals surface area contributed by atoms with Crippen molar-refractivity contribution in [2.45, 2.75) is 40.0 Å². The van der Waals surface area contributed by atoms with Gasteiger partial charge in [0, 0.05) is 24.3 Å². The van der Waals surface area contributed by atoms with E-state index in [-0.39, 0.29) is 5.78 Å². The zero-order chi connectivity index (χ0) is 13.8. The first kappa shape index (κ1) is 14.1. The van der Waals surface area contributed by atoms with Gasteiger partial charge in [-0.1, -0.05) is 26.0 Å². The first-order chi connectivity index (χ1) is 9.09. The fraction of sp³-hybridized carbons (Fsp3) is 0.588. The summed E-state index contributed by atoms with van der Waals surface area (Å²) in [4.78, 5) is 14.1. The molecule has 1 saturated heterocycles. The lowest BCUT2D eigenvalue weighted by Crippen LogP contribution is -2.26. The molecule has 1 aliphatic heterocycles. The Hall–Kier alpha value is -1.31. The Balaban J connectivity index is 2.16. The molecule has 0 radical (unpaired) electrons. The maximum atomic E-state index is 11.7. The van der Waals surface area contributed by atoms with Crippen LogP contribution in [0.15, 0.2) is 24.3 Å². The van der Waals surface area contributed by atoms with E-state index in [4.69, 9.17) is 0 Å². The van der Waals surface area contributed by atoms with Gasteiger partial charge in [-0.3, -0.25) is 4.79 Å². The summed E-state index contributed by atoms with van der Waals surface area (Å²) in [5, 5.41) is 0. The van der Waals surface area contributed by atoms with Gasteiger partial charge in [0.25, 0.3) is 0 Å². The molecule has 1 aliphatic rings. The molecule has 1 atom stereocenters. The second-order valence-corrected chi connectivity index (χ2v) is 6.00. The predicted molar refractivity (Wildman–Crippen MR) is 80.8 cm³/mol. The Morgan fingerprint density at radius 2 is 1.95 bits per heavy atom. The molecule has 0 bridgehead atoms.